The van der Waals surface area contributed by atoms with Gasteiger partial charge in [-0.15, -0.1) is 0 Å². The van der Waals surface area contributed by atoms with Crippen LogP contribution in [-0.2, 0) is 6.54 Å². The molecule has 1 aromatic carbocycles. The lowest BCUT2D eigenvalue weighted by Crippen LogP contribution is -2.18. The molecule has 1 aromatic heterocycles. The van der Waals surface area contributed by atoms with Gasteiger partial charge in [0.2, 0.25) is 0 Å². The summed E-state index contributed by atoms with van der Waals surface area (Å²) >= 11 is 6.20. The predicted molar refractivity (Wildman–Crippen MR) is 83.9 cm³/mol. The van der Waals surface area contributed by atoms with Crippen molar-refractivity contribution in [2.45, 2.75) is 20.4 Å². The number of nitrogens with zero attached hydrogens (tertiary/aromatic N) is 3. The van der Waals surface area contributed by atoms with Crippen LogP contribution in [0.4, 0.5) is 11.4 Å². The van der Waals surface area contributed by atoms with Crippen molar-refractivity contribution in [3.8, 4) is 0 Å². The van der Waals surface area contributed by atoms with Crippen LogP contribution in [0.15, 0.2) is 30.5 Å². The summed E-state index contributed by atoms with van der Waals surface area (Å²) in [6, 6.07) is 6.87. The van der Waals surface area contributed by atoms with E-state index in [-0.39, 0.29) is 5.69 Å². The minimum absolute atomic E-state index is 0.00288. The van der Waals surface area contributed by atoms with Gasteiger partial charge in [-0.2, -0.15) is 0 Å². The van der Waals surface area contributed by atoms with E-state index in [4.69, 9.17) is 11.6 Å². The molecule has 0 saturated carbocycles. The van der Waals surface area contributed by atoms with Crippen molar-refractivity contribution in [3.63, 3.8) is 0 Å². The number of nitro groups is 1. The molecule has 0 bridgehead atoms. The highest BCUT2D eigenvalue weighted by atomic mass is 35.5. The van der Waals surface area contributed by atoms with Crippen molar-refractivity contribution in [3.05, 3.63) is 62.4 Å². The number of anilines is 1. The number of hydrogen-bond acceptors (Lipinski definition) is 4. The molecule has 110 valence electrons. The minimum Gasteiger partial charge on any atom is -0.367 e. The maximum Gasteiger partial charge on any atom is 0.271 e. The maximum atomic E-state index is 10.8. The summed E-state index contributed by atoms with van der Waals surface area (Å²) < 4.78 is 0. The normalized spacial score (nSPS) is 10.5. The van der Waals surface area contributed by atoms with Crippen LogP contribution in [0.2, 0.25) is 5.02 Å². The standard InChI is InChI=1S/C15H16ClN3O2/c1-10-4-5-12(17-8-10)9-18(3)15-11(2)6-13(19(20)21)7-14(15)16/h4-8H,9H2,1-3H3. The third kappa shape index (κ3) is 3.49. The lowest BCUT2D eigenvalue weighted by molar-refractivity contribution is -0.384. The Morgan fingerprint density at radius 3 is 2.57 bits per heavy atom. The second-order valence-corrected chi connectivity index (χ2v) is 5.44. The second kappa shape index (κ2) is 6.10. The lowest BCUT2D eigenvalue weighted by Gasteiger charge is -2.22. The van der Waals surface area contributed by atoms with Gasteiger partial charge in [-0.25, -0.2) is 0 Å². The van der Waals surface area contributed by atoms with Crippen LogP contribution in [0, 0.1) is 24.0 Å². The number of benzene rings is 1. The first-order chi connectivity index (χ1) is 9.88. The third-order valence-corrected chi connectivity index (χ3v) is 3.49. The van der Waals surface area contributed by atoms with Crippen molar-refractivity contribution >= 4 is 23.0 Å². The fraction of sp³-hybridized carbons (Fsp3) is 0.267. The van der Waals surface area contributed by atoms with Gasteiger partial charge in [-0.05, 0) is 31.0 Å². The van der Waals surface area contributed by atoms with Crippen molar-refractivity contribution in [2.75, 3.05) is 11.9 Å². The number of aromatic nitrogens is 1. The Morgan fingerprint density at radius 1 is 1.33 bits per heavy atom. The van der Waals surface area contributed by atoms with Crippen molar-refractivity contribution in [1.82, 2.24) is 4.98 Å². The molecule has 2 rings (SSSR count). The Balaban J connectivity index is 2.28. The van der Waals surface area contributed by atoms with E-state index < -0.39 is 4.92 Å². The van der Waals surface area contributed by atoms with Gasteiger partial charge in [0.15, 0.2) is 0 Å². The van der Waals surface area contributed by atoms with Crippen LogP contribution in [0.25, 0.3) is 0 Å². The molecule has 0 amide bonds. The van der Waals surface area contributed by atoms with Crippen LogP contribution in [0.5, 0.6) is 0 Å². The number of rotatable bonds is 4. The monoisotopic (exact) mass is 305 g/mol. The first-order valence-corrected chi connectivity index (χ1v) is 6.83. The van der Waals surface area contributed by atoms with Gasteiger partial charge in [0.25, 0.3) is 5.69 Å². The molecule has 2 aromatic rings. The average molecular weight is 306 g/mol. The Hall–Kier alpha value is -2.14. The molecular weight excluding hydrogens is 290 g/mol. The van der Waals surface area contributed by atoms with Crippen LogP contribution in [0.1, 0.15) is 16.8 Å². The van der Waals surface area contributed by atoms with E-state index in [2.05, 4.69) is 4.98 Å². The SMILES string of the molecule is Cc1ccc(CN(C)c2c(C)cc([N+](=O)[O-])cc2Cl)nc1. The maximum absolute atomic E-state index is 10.8. The van der Waals surface area contributed by atoms with Gasteiger partial charge >= 0.3 is 0 Å². The molecule has 1 heterocycles. The molecule has 5 nitrogen and oxygen atoms in total. The third-order valence-electron chi connectivity index (χ3n) is 3.20. The van der Waals surface area contributed by atoms with E-state index in [9.17, 15) is 10.1 Å². The van der Waals surface area contributed by atoms with Crippen LogP contribution in [0.3, 0.4) is 0 Å². The van der Waals surface area contributed by atoms with Crippen LogP contribution in [-0.4, -0.2) is 17.0 Å². The van der Waals surface area contributed by atoms with Crippen LogP contribution >= 0.6 is 11.6 Å². The number of non-ortho nitro benzene ring substituents is 1. The smallest absolute Gasteiger partial charge is 0.271 e. The van der Waals surface area contributed by atoms with E-state index >= 15 is 0 Å². The van der Waals surface area contributed by atoms with E-state index in [0.29, 0.717) is 11.6 Å². The zero-order valence-corrected chi connectivity index (χ0v) is 12.9. The Morgan fingerprint density at radius 2 is 2.05 bits per heavy atom. The van der Waals surface area contributed by atoms with Gasteiger partial charge in [-0.3, -0.25) is 15.1 Å². The summed E-state index contributed by atoms with van der Waals surface area (Å²) in [5.41, 5.74) is 3.57. The number of nitro benzene ring substituents is 1. The topological polar surface area (TPSA) is 59.3 Å². The highest BCUT2D eigenvalue weighted by Gasteiger charge is 2.16. The fourth-order valence-electron chi connectivity index (χ4n) is 2.22. The van der Waals surface area contributed by atoms with Gasteiger partial charge in [0, 0.05) is 25.4 Å². The first kappa shape index (κ1) is 15.3. The zero-order valence-electron chi connectivity index (χ0n) is 12.1. The number of halogens is 1. The second-order valence-electron chi connectivity index (χ2n) is 5.03. The van der Waals surface area contributed by atoms with Gasteiger partial charge in [-0.1, -0.05) is 17.7 Å². The molecule has 0 fully saturated rings. The Labute approximate surface area is 128 Å². The Bertz CT molecular complexity index is 648. The zero-order chi connectivity index (χ0) is 15.6. The van der Waals surface area contributed by atoms with Crippen molar-refractivity contribution < 1.29 is 4.92 Å². The minimum atomic E-state index is -0.440. The summed E-state index contributed by atoms with van der Waals surface area (Å²) in [6.07, 6.45) is 1.81. The van der Waals surface area contributed by atoms with Crippen molar-refractivity contribution in [2.24, 2.45) is 0 Å². The van der Waals surface area contributed by atoms with E-state index in [1.165, 1.54) is 12.1 Å². The quantitative estimate of drug-likeness (QED) is 0.635. The van der Waals surface area contributed by atoms with Gasteiger partial charge in [0.1, 0.15) is 0 Å². The first-order valence-electron chi connectivity index (χ1n) is 6.45. The van der Waals surface area contributed by atoms with Crippen LogP contribution < -0.4 is 4.90 Å². The summed E-state index contributed by atoms with van der Waals surface area (Å²) in [7, 11) is 1.89. The summed E-state index contributed by atoms with van der Waals surface area (Å²) in [5, 5.41) is 11.2. The molecule has 0 saturated heterocycles. The van der Waals surface area contributed by atoms with Gasteiger partial charge < -0.3 is 4.90 Å². The summed E-state index contributed by atoms with van der Waals surface area (Å²) in [4.78, 5) is 16.7. The molecule has 0 N–H and O–H groups in total. The van der Waals surface area contributed by atoms with E-state index in [1.807, 2.05) is 44.1 Å². The molecule has 0 unspecified atom stereocenters. The van der Waals surface area contributed by atoms with E-state index in [1.54, 1.807) is 0 Å². The molecule has 0 spiro atoms. The summed E-state index contributed by atoms with van der Waals surface area (Å²) in [5.74, 6) is 0. The molecule has 0 aliphatic rings. The molecule has 0 atom stereocenters. The lowest BCUT2D eigenvalue weighted by atomic mass is 10.1. The summed E-state index contributed by atoms with van der Waals surface area (Å²) in [6.45, 7) is 4.38. The number of aryl methyl sites for hydroxylation is 2. The van der Waals surface area contributed by atoms with Gasteiger partial charge in [0.05, 0.1) is 27.9 Å². The van der Waals surface area contributed by atoms with Crippen molar-refractivity contribution in [1.29, 1.82) is 0 Å². The number of hydrogen-bond donors (Lipinski definition) is 0. The average Bonchev–Trinajstić information content (AvgIpc) is 2.40. The highest BCUT2D eigenvalue weighted by molar-refractivity contribution is 6.33. The fourth-order valence-corrected chi connectivity index (χ4v) is 2.63. The molecule has 21 heavy (non-hydrogen) atoms. The predicted octanol–water partition coefficient (Wildman–Crippen LogP) is 3.90. The Kier molecular flexibility index (Phi) is 4.43. The highest BCUT2D eigenvalue weighted by Crippen LogP contribution is 2.33. The molecular formula is C15H16ClN3O2. The molecule has 0 aliphatic carbocycles. The largest absolute Gasteiger partial charge is 0.367 e. The van der Waals surface area contributed by atoms with E-state index in [0.717, 1.165) is 22.5 Å². The molecule has 6 heteroatoms. The number of pyridine rings is 1. The molecule has 0 aliphatic heterocycles. The molecule has 0 radical (unpaired) electrons.